The van der Waals surface area contributed by atoms with E-state index in [1.54, 1.807) is 26.8 Å². The Bertz CT molecular complexity index is 3130. The molecular formula is C55H61F7N10O4. The molecule has 0 spiro atoms. The van der Waals surface area contributed by atoms with Gasteiger partial charge in [-0.15, -0.1) is 0 Å². The molecule has 3 amide bonds. The Balaban J connectivity index is 0.986. The maximum absolute atomic E-state index is 16.9. The third kappa shape index (κ3) is 10.1. The van der Waals surface area contributed by atoms with Crippen LogP contribution in [0.2, 0.25) is 0 Å². The van der Waals surface area contributed by atoms with Crippen LogP contribution in [0.3, 0.4) is 0 Å². The number of alkyl carbamates (subject to hydrolysis) is 1. The van der Waals surface area contributed by atoms with Crippen LogP contribution in [-0.2, 0) is 20.5 Å². The van der Waals surface area contributed by atoms with Crippen LogP contribution >= 0.6 is 0 Å². The third-order valence-electron chi connectivity index (χ3n) is 15.5. The third-order valence-corrected chi connectivity index (χ3v) is 15.5. The minimum atomic E-state index is -4.49. The molecule has 3 N–H and O–H groups in total. The minimum absolute atomic E-state index is 0.0144. The Morgan fingerprint density at radius 2 is 1.17 bits per heavy atom. The predicted octanol–water partition coefficient (Wildman–Crippen LogP) is 11.2. The van der Waals surface area contributed by atoms with Crippen LogP contribution in [0.1, 0.15) is 125 Å². The quantitative estimate of drug-likeness (QED) is 0.102. The molecule has 2 aromatic heterocycles. The number of hydrogen-bond acceptors (Lipinski definition) is 9. The van der Waals surface area contributed by atoms with Gasteiger partial charge >= 0.3 is 12.3 Å². The molecule has 6 aromatic rings. The van der Waals surface area contributed by atoms with Gasteiger partial charge in [0.15, 0.2) is 11.6 Å². The fraction of sp³-hybridized carbons (Fsp3) is 0.473. The van der Waals surface area contributed by atoms with E-state index >= 15 is 17.6 Å². The second-order valence-corrected chi connectivity index (χ2v) is 21.2. The summed E-state index contributed by atoms with van der Waals surface area (Å²) >= 11 is 0. The van der Waals surface area contributed by atoms with Gasteiger partial charge < -0.3 is 44.5 Å². The molecule has 0 bridgehead atoms. The number of fused-ring (bicyclic) bond motifs is 2. The molecule has 4 saturated heterocycles. The number of nitrogens with zero attached hydrogens (tertiary/aromatic N) is 7. The van der Waals surface area contributed by atoms with Crippen molar-refractivity contribution in [2.24, 2.45) is 11.8 Å². The van der Waals surface area contributed by atoms with E-state index in [0.717, 1.165) is 18.6 Å². The van der Waals surface area contributed by atoms with Gasteiger partial charge in [0.05, 0.1) is 58.9 Å². The normalized spacial score (nSPS) is 20.8. The van der Waals surface area contributed by atoms with Gasteiger partial charge in [-0.2, -0.15) is 13.2 Å². The molecule has 14 nitrogen and oxygen atoms in total. The molecule has 0 saturated carbocycles. The van der Waals surface area contributed by atoms with Crippen molar-refractivity contribution in [2.45, 2.75) is 109 Å². The van der Waals surface area contributed by atoms with Crippen LogP contribution in [0.25, 0.3) is 22.1 Å². The number of H-pyrrole nitrogens is 2. The van der Waals surface area contributed by atoms with E-state index in [4.69, 9.17) is 14.7 Å². The van der Waals surface area contributed by atoms with Crippen molar-refractivity contribution in [2.75, 3.05) is 61.1 Å². The van der Waals surface area contributed by atoms with Crippen molar-refractivity contribution >= 4 is 57.0 Å². The summed E-state index contributed by atoms with van der Waals surface area (Å²) in [4.78, 5) is 64.1. The van der Waals surface area contributed by atoms with Gasteiger partial charge in [-0.1, -0.05) is 27.7 Å². The standard InChI is InChI=1S/C55H61F7N10O4/c1-29(2)22-48(73)70-16-6-8-46(70)51-63-40-25-34(36(56)27-42(40)65-51)44-14-15-45(35-26-41-43(28-37(35)57)66-52(64-41)47-9-7-17-71(47)53(74)49(30(3)4)67-54(75)76-5)72(44)33-23-38(58)50(39(59)24-33)69-20-18-68(19-21-69)32-12-10-31(11-13-32)55(60,61)62/h10-13,23-30,44-47,49H,6-9,14-22H2,1-5H3,(H,63,65)(H,64,66)(H,67,75)/t44-,45-,46+,47+,49+/m1/s1. The second-order valence-electron chi connectivity index (χ2n) is 21.2. The fourth-order valence-electron chi connectivity index (χ4n) is 11.8. The first-order chi connectivity index (χ1) is 36.3. The summed E-state index contributed by atoms with van der Waals surface area (Å²) in [6, 6.07) is 9.44. The van der Waals surface area contributed by atoms with E-state index in [1.807, 2.05) is 37.5 Å². The van der Waals surface area contributed by atoms with Gasteiger partial charge in [-0.05, 0) is 98.9 Å². The lowest BCUT2D eigenvalue weighted by Crippen LogP contribution is -2.51. The molecule has 0 aliphatic carbocycles. The molecule has 0 radical (unpaired) electrons. The number of carbonyl (C=O) groups is 3. The molecule has 5 atom stereocenters. The largest absolute Gasteiger partial charge is 0.453 e. The van der Waals surface area contributed by atoms with E-state index < -0.39 is 65.3 Å². The highest BCUT2D eigenvalue weighted by Crippen LogP contribution is 2.50. The van der Waals surface area contributed by atoms with Gasteiger partial charge in [-0.25, -0.2) is 32.3 Å². The average Bonchev–Trinajstić information content (AvgIpc) is 4.26. The summed E-state index contributed by atoms with van der Waals surface area (Å²) in [6.07, 6.45) is -1.72. The monoisotopic (exact) mass is 1060 g/mol. The first-order valence-corrected chi connectivity index (χ1v) is 26.0. The van der Waals surface area contributed by atoms with Crippen molar-refractivity contribution in [3.63, 3.8) is 0 Å². The maximum atomic E-state index is 16.9. The highest BCUT2D eigenvalue weighted by molar-refractivity contribution is 5.87. The van der Waals surface area contributed by atoms with E-state index in [9.17, 15) is 27.6 Å². The molecule has 10 rings (SSSR count). The second kappa shape index (κ2) is 20.8. The number of ether oxygens (including phenoxy) is 1. The number of aromatic amines is 2. The number of hydrogen-bond donors (Lipinski definition) is 3. The van der Waals surface area contributed by atoms with Crippen LogP contribution in [0.5, 0.6) is 0 Å². The lowest BCUT2D eigenvalue weighted by atomic mass is 10.0. The van der Waals surface area contributed by atoms with Crippen LogP contribution in [0.15, 0.2) is 60.7 Å². The highest BCUT2D eigenvalue weighted by Gasteiger charge is 2.42. The Labute approximate surface area is 434 Å². The van der Waals surface area contributed by atoms with Crippen molar-refractivity contribution in [3.05, 3.63) is 112 Å². The van der Waals surface area contributed by atoms with E-state index in [2.05, 4.69) is 15.3 Å². The Morgan fingerprint density at radius 3 is 1.67 bits per heavy atom. The number of alkyl halides is 3. The van der Waals surface area contributed by atoms with Crippen molar-refractivity contribution < 1.29 is 49.9 Å². The number of amides is 3. The molecule has 4 aliphatic heterocycles. The first kappa shape index (κ1) is 52.4. The number of anilines is 3. The smallest absolute Gasteiger partial charge is 0.416 e. The molecule has 404 valence electrons. The first-order valence-electron chi connectivity index (χ1n) is 26.0. The summed E-state index contributed by atoms with van der Waals surface area (Å²) in [5, 5.41) is 2.64. The average molecular weight is 1060 g/mol. The maximum Gasteiger partial charge on any atom is 0.416 e. The lowest BCUT2D eigenvalue weighted by Gasteiger charge is -2.38. The van der Waals surface area contributed by atoms with E-state index in [0.29, 0.717) is 72.7 Å². The number of piperazine rings is 1. The number of benzene rings is 4. The van der Waals surface area contributed by atoms with Gasteiger partial charge in [0.2, 0.25) is 11.8 Å². The topological polar surface area (TPSA) is 146 Å². The number of imidazole rings is 2. The van der Waals surface area contributed by atoms with E-state index in [1.165, 1.54) is 43.5 Å². The van der Waals surface area contributed by atoms with E-state index in [-0.39, 0.29) is 96.7 Å². The summed E-state index contributed by atoms with van der Waals surface area (Å²) < 4.78 is 112. The van der Waals surface area contributed by atoms with Gasteiger partial charge in [0, 0.05) is 80.3 Å². The summed E-state index contributed by atoms with van der Waals surface area (Å²) in [5.41, 5.74) is 1.41. The predicted molar refractivity (Wildman–Crippen MR) is 273 cm³/mol. The van der Waals surface area contributed by atoms with Crippen LogP contribution < -0.4 is 20.0 Å². The summed E-state index contributed by atoms with van der Waals surface area (Å²) in [6.45, 7) is 9.39. The van der Waals surface area contributed by atoms with Gasteiger partial charge in [0.25, 0.3) is 0 Å². The summed E-state index contributed by atoms with van der Waals surface area (Å²) in [5.74, 6) is -2.57. The summed E-state index contributed by atoms with van der Waals surface area (Å²) in [7, 11) is 1.22. The zero-order chi connectivity index (χ0) is 53.9. The molecule has 0 unspecified atom stereocenters. The minimum Gasteiger partial charge on any atom is -0.453 e. The number of rotatable bonds is 12. The zero-order valence-corrected chi connectivity index (χ0v) is 42.9. The van der Waals surface area contributed by atoms with Crippen molar-refractivity contribution in [3.8, 4) is 0 Å². The number of likely N-dealkylation sites (tertiary alicyclic amines) is 2. The highest BCUT2D eigenvalue weighted by atomic mass is 19.4. The molecule has 4 aliphatic rings. The SMILES string of the molecule is COC(=O)N[C@H](C(=O)N1CCC[C@H]1c1nc2cc(F)c([C@H]3CC[C@H](c4cc5[nH]c([C@@H]6CCCN6C(=O)CC(C)C)nc5cc4F)N3c3cc(F)c(N4CCN(c5ccc(C(F)(F)F)cc5)CC4)c(F)c3)cc2[nH]1)C(C)C. The fourth-order valence-corrected chi connectivity index (χ4v) is 11.8. The molecule has 21 heteroatoms. The van der Waals surface area contributed by atoms with Crippen molar-refractivity contribution in [1.29, 1.82) is 0 Å². The molecular weight excluding hydrogens is 998 g/mol. The Kier molecular flexibility index (Phi) is 14.3. The number of nitrogens with one attached hydrogen (secondary N) is 3. The number of halogens is 7. The van der Waals surface area contributed by atoms with Crippen molar-refractivity contribution in [1.82, 2.24) is 35.1 Å². The molecule has 76 heavy (non-hydrogen) atoms. The van der Waals surface area contributed by atoms with Crippen LogP contribution in [-0.4, -0.2) is 100 Å². The van der Waals surface area contributed by atoms with Crippen LogP contribution in [0.4, 0.5) is 52.6 Å². The molecule has 4 aromatic carbocycles. The Hall–Kier alpha value is -7.06. The molecule has 6 heterocycles. The van der Waals surface area contributed by atoms with Gasteiger partial charge in [0.1, 0.15) is 35.0 Å². The zero-order valence-electron chi connectivity index (χ0n) is 42.9. The molecule has 4 fully saturated rings. The number of methoxy groups -OCH3 is 1. The Morgan fingerprint density at radius 1 is 0.658 bits per heavy atom. The lowest BCUT2D eigenvalue weighted by molar-refractivity contribution is -0.137. The van der Waals surface area contributed by atoms with Gasteiger partial charge in [-0.3, -0.25) is 9.59 Å². The number of aromatic nitrogens is 4. The van der Waals surface area contributed by atoms with Crippen LogP contribution in [0, 0.1) is 35.1 Å². The number of carbonyl (C=O) groups excluding carboxylic acids is 3.